The number of hydrogen-bond acceptors (Lipinski definition) is 8. The van der Waals surface area contributed by atoms with E-state index in [0.29, 0.717) is 81.5 Å². The molecular weight excluding hydrogens is 520 g/mol. The van der Waals surface area contributed by atoms with Crippen LogP contribution in [0, 0.1) is 19.8 Å². The van der Waals surface area contributed by atoms with Gasteiger partial charge in [-0.1, -0.05) is 28.4 Å². The Kier molecular flexibility index (Phi) is 9.03. The molecular formula is C26H32Cl2FN5O3. The monoisotopic (exact) mass is 551 g/mol. The van der Waals surface area contributed by atoms with Crippen molar-refractivity contribution in [1.29, 1.82) is 0 Å². The molecule has 0 unspecified atom stereocenters. The second-order valence-electron chi connectivity index (χ2n) is 9.55. The summed E-state index contributed by atoms with van der Waals surface area (Å²) >= 11 is 13.4. The number of nitrogens with one attached hydrogen (secondary N) is 1. The van der Waals surface area contributed by atoms with Gasteiger partial charge in [0.25, 0.3) is 0 Å². The number of alkyl halides is 1. The molecule has 1 fully saturated rings. The molecule has 37 heavy (non-hydrogen) atoms. The molecule has 0 radical (unpaired) electrons. The molecule has 2 aromatic heterocycles. The lowest BCUT2D eigenvalue weighted by atomic mass is 9.90. The lowest BCUT2D eigenvalue weighted by Gasteiger charge is -2.32. The highest BCUT2D eigenvalue weighted by Gasteiger charge is 2.30. The topological polar surface area (TPSA) is 96.5 Å². The first-order valence-corrected chi connectivity index (χ1v) is 13.0. The largest absolute Gasteiger partial charge is 0.491 e. The van der Waals surface area contributed by atoms with E-state index in [1.807, 2.05) is 18.9 Å². The van der Waals surface area contributed by atoms with Crippen LogP contribution in [-0.4, -0.2) is 77.7 Å². The van der Waals surface area contributed by atoms with Crippen molar-refractivity contribution in [2.45, 2.75) is 39.0 Å². The first kappa shape index (κ1) is 27.7. The highest BCUT2D eigenvalue weighted by atomic mass is 35.5. The van der Waals surface area contributed by atoms with Crippen LogP contribution < -0.4 is 10.1 Å². The molecule has 0 amide bonds. The fraction of sp³-hybridized carbons (Fsp3) is 0.500. The first-order chi connectivity index (χ1) is 17.7. The van der Waals surface area contributed by atoms with E-state index in [0.717, 1.165) is 6.54 Å². The van der Waals surface area contributed by atoms with E-state index in [1.54, 1.807) is 32.2 Å². The number of likely N-dealkylation sites (tertiary alicyclic amines) is 1. The molecule has 3 heterocycles. The van der Waals surface area contributed by atoms with Gasteiger partial charge in [0, 0.05) is 18.7 Å². The number of aliphatic hydroxyl groups excluding tert-OH is 1. The van der Waals surface area contributed by atoms with Crippen LogP contribution >= 0.6 is 23.2 Å². The summed E-state index contributed by atoms with van der Waals surface area (Å²) in [5, 5.41) is 17.7. The number of rotatable bonds is 9. The number of likely N-dealkylation sites (N-methyl/N-ethyl adjacent to an activating group) is 1. The fourth-order valence-corrected chi connectivity index (χ4v) is 5.03. The Bertz CT molecular complexity index is 1220. The Morgan fingerprint density at radius 2 is 2.08 bits per heavy atom. The first-order valence-electron chi connectivity index (χ1n) is 12.3. The smallest absolute Gasteiger partial charge is 0.161 e. The predicted octanol–water partition coefficient (Wildman–Crippen LogP) is 4.51. The van der Waals surface area contributed by atoms with E-state index in [-0.39, 0.29) is 12.5 Å². The van der Waals surface area contributed by atoms with Crippen molar-refractivity contribution in [3.8, 4) is 28.4 Å². The number of aromatic nitrogens is 3. The van der Waals surface area contributed by atoms with Gasteiger partial charge >= 0.3 is 0 Å². The third-order valence-electron chi connectivity index (χ3n) is 6.59. The van der Waals surface area contributed by atoms with Gasteiger partial charge in [0.2, 0.25) is 0 Å². The van der Waals surface area contributed by atoms with Crippen LogP contribution in [0.5, 0.6) is 5.75 Å². The van der Waals surface area contributed by atoms with Gasteiger partial charge in [-0.05, 0) is 71.4 Å². The van der Waals surface area contributed by atoms with E-state index < -0.39 is 12.3 Å². The zero-order chi connectivity index (χ0) is 26.7. The maximum Gasteiger partial charge on any atom is 0.161 e. The molecule has 4 rings (SSSR count). The summed E-state index contributed by atoms with van der Waals surface area (Å²) in [6.45, 7) is 5.30. The molecule has 0 saturated carbocycles. The molecule has 1 aromatic carbocycles. The zero-order valence-electron chi connectivity index (χ0n) is 21.4. The molecule has 200 valence electrons. The quantitative estimate of drug-likeness (QED) is 0.400. The Labute approximate surface area is 226 Å². The van der Waals surface area contributed by atoms with Gasteiger partial charge in [-0.15, -0.1) is 0 Å². The average Bonchev–Trinajstić information content (AvgIpc) is 3.19. The maximum atomic E-state index is 14.9. The number of hydrogen-bond donors (Lipinski definition) is 2. The number of piperidine rings is 1. The van der Waals surface area contributed by atoms with Crippen LogP contribution in [0.25, 0.3) is 22.6 Å². The molecule has 2 N–H and O–H groups in total. The van der Waals surface area contributed by atoms with Gasteiger partial charge in [-0.3, -0.25) is 0 Å². The summed E-state index contributed by atoms with van der Waals surface area (Å²) < 4.78 is 26.1. The minimum absolute atomic E-state index is 0.104. The highest BCUT2D eigenvalue weighted by Crippen LogP contribution is 2.38. The summed E-state index contributed by atoms with van der Waals surface area (Å²) in [7, 11) is 3.68. The Hall–Kier alpha value is -2.30. The van der Waals surface area contributed by atoms with Gasteiger partial charge in [-0.2, -0.15) is 0 Å². The van der Waals surface area contributed by atoms with Gasteiger partial charge < -0.3 is 24.6 Å². The van der Waals surface area contributed by atoms with Gasteiger partial charge in [-0.25, -0.2) is 14.4 Å². The molecule has 1 aliphatic heterocycles. The second kappa shape index (κ2) is 12.0. The summed E-state index contributed by atoms with van der Waals surface area (Å²) in [5.74, 6) is 1.20. The SMILES string of the molecule is CNC[C@@H](O)COc1ccc(Cl)c(-c2nc(C[C@H]3CCN(C)C[C@H]3F)c(Cl)c(-c3c(C)noc3C)n2)c1. The van der Waals surface area contributed by atoms with E-state index in [4.69, 9.17) is 42.4 Å². The van der Waals surface area contributed by atoms with Gasteiger partial charge in [0.15, 0.2) is 5.82 Å². The minimum Gasteiger partial charge on any atom is -0.491 e. The summed E-state index contributed by atoms with van der Waals surface area (Å²) in [4.78, 5) is 11.5. The van der Waals surface area contributed by atoms with Gasteiger partial charge in [0.1, 0.15) is 30.4 Å². The molecule has 8 nitrogen and oxygen atoms in total. The van der Waals surface area contributed by atoms with Crippen LogP contribution in [0.1, 0.15) is 23.6 Å². The van der Waals surface area contributed by atoms with Crippen molar-refractivity contribution < 1.29 is 18.8 Å². The van der Waals surface area contributed by atoms with Crippen LogP contribution in [-0.2, 0) is 6.42 Å². The Morgan fingerprint density at radius 3 is 2.76 bits per heavy atom. The lowest BCUT2D eigenvalue weighted by Crippen LogP contribution is -2.40. The molecule has 0 spiro atoms. The summed E-state index contributed by atoms with van der Waals surface area (Å²) in [6, 6.07) is 5.14. The molecule has 3 aromatic rings. The van der Waals surface area contributed by atoms with E-state index in [2.05, 4.69) is 10.5 Å². The van der Waals surface area contributed by atoms with Crippen molar-refractivity contribution in [3.05, 3.63) is 45.4 Å². The number of nitrogens with zero attached hydrogens (tertiary/aromatic N) is 4. The van der Waals surface area contributed by atoms with Crippen molar-refractivity contribution in [2.75, 3.05) is 40.3 Å². The third-order valence-corrected chi connectivity index (χ3v) is 7.31. The number of ether oxygens (including phenoxy) is 1. The number of aryl methyl sites for hydroxylation is 2. The number of aliphatic hydroxyl groups is 1. The fourth-order valence-electron chi connectivity index (χ4n) is 4.57. The van der Waals surface area contributed by atoms with Crippen LogP contribution in [0.4, 0.5) is 4.39 Å². The molecule has 0 aliphatic carbocycles. The minimum atomic E-state index is -0.986. The lowest BCUT2D eigenvalue weighted by molar-refractivity contribution is 0.102. The van der Waals surface area contributed by atoms with Crippen molar-refractivity contribution in [2.24, 2.45) is 5.92 Å². The molecule has 3 atom stereocenters. The molecule has 0 bridgehead atoms. The van der Waals surface area contributed by atoms with E-state index in [1.165, 1.54) is 0 Å². The van der Waals surface area contributed by atoms with Crippen LogP contribution in [0.15, 0.2) is 22.7 Å². The summed E-state index contributed by atoms with van der Waals surface area (Å²) in [5.41, 5.74) is 2.86. The third kappa shape index (κ3) is 6.41. The Morgan fingerprint density at radius 1 is 1.30 bits per heavy atom. The van der Waals surface area contributed by atoms with E-state index >= 15 is 0 Å². The van der Waals surface area contributed by atoms with Gasteiger partial charge in [0.05, 0.1) is 32.7 Å². The standard InChI is InChI=1S/C26H32Cl2FN5O3/c1-14-23(15(2)37-33-14)25-24(28)22(9-16-7-8-34(4)12-21(16)29)31-26(32-25)19-10-18(5-6-20(19)27)36-13-17(35)11-30-3/h5-6,10,16-17,21,30,35H,7-9,11-13H2,1-4H3/t16-,17-,21-/m1/s1. The van der Waals surface area contributed by atoms with Crippen LogP contribution in [0.3, 0.4) is 0 Å². The maximum absolute atomic E-state index is 14.9. The van der Waals surface area contributed by atoms with Crippen molar-refractivity contribution in [3.63, 3.8) is 0 Å². The highest BCUT2D eigenvalue weighted by molar-refractivity contribution is 6.34. The number of benzene rings is 1. The van der Waals surface area contributed by atoms with Crippen LogP contribution in [0.2, 0.25) is 10.0 Å². The number of halogens is 3. The molecule has 1 aliphatic rings. The zero-order valence-corrected chi connectivity index (χ0v) is 22.9. The van der Waals surface area contributed by atoms with Crippen molar-refractivity contribution >= 4 is 23.2 Å². The molecule has 11 heteroatoms. The normalized spacial score (nSPS) is 19.2. The average molecular weight is 552 g/mol. The van der Waals surface area contributed by atoms with E-state index in [9.17, 15) is 9.50 Å². The second-order valence-corrected chi connectivity index (χ2v) is 10.3. The Balaban J connectivity index is 1.76. The van der Waals surface area contributed by atoms with Crippen molar-refractivity contribution in [1.82, 2.24) is 25.3 Å². The molecule has 1 saturated heterocycles. The predicted molar refractivity (Wildman–Crippen MR) is 142 cm³/mol. The summed E-state index contributed by atoms with van der Waals surface area (Å²) in [6.07, 6.45) is -0.589.